The third kappa shape index (κ3) is 4.54. The molecular weight excluding hydrogens is 414 g/mol. The van der Waals surface area contributed by atoms with Gasteiger partial charge >= 0.3 is 11.9 Å². The summed E-state index contributed by atoms with van der Waals surface area (Å²) in [6, 6.07) is 11.6. The Bertz CT molecular complexity index is 1200. The van der Waals surface area contributed by atoms with Crippen LogP contribution >= 0.6 is 0 Å². The number of anilines is 1. The van der Waals surface area contributed by atoms with Crippen molar-refractivity contribution in [3.8, 4) is 6.07 Å². The maximum atomic E-state index is 12.5. The van der Waals surface area contributed by atoms with Crippen LogP contribution in [0.2, 0.25) is 0 Å². The number of amides is 1. The fourth-order valence-electron chi connectivity index (χ4n) is 3.21. The quantitative estimate of drug-likeness (QED) is 0.565. The minimum Gasteiger partial charge on any atom is -0.467 e. The Hall–Kier alpha value is -4.32. The van der Waals surface area contributed by atoms with E-state index in [4.69, 9.17) is 9.15 Å². The normalized spacial score (nSPS) is 10.3. The molecule has 9 heteroatoms. The predicted molar refractivity (Wildman–Crippen MR) is 113 cm³/mol. The number of nitrogens with one attached hydrogen (secondary N) is 1. The lowest BCUT2D eigenvalue weighted by molar-refractivity contribution is -0.119. The first-order valence-corrected chi connectivity index (χ1v) is 9.63. The number of rotatable bonds is 7. The van der Waals surface area contributed by atoms with Gasteiger partial charge in [-0.3, -0.25) is 4.79 Å². The van der Waals surface area contributed by atoms with Crippen molar-refractivity contribution in [2.45, 2.75) is 20.4 Å². The van der Waals surface area contributed by atoms with Crippen molar-refractivity contribution in [3.05, 3.63) is 76.4 Å². The molecule has 0 bridgehead atoms. The minimum atomic E-state index is -0.847. The van der Waals surface area contributed by atoms with Crippen molar-refractivity contribution in [1.29, 1.82) is 5.26 Å². The lowest BCUT2D eigenvalue weighted by atomic mass is 10.1. The lowest BCUT2D eigenvalue weighted by Gasteiger charge is -2.12. The number of carbonyl (C=O) groups excluding carboxylic acids is 3. The van der Waals surface area contributed by atoms with Gasteiger partial charge in [0.1, 0.15) is 17.6 Å². The number of methoxy groups -OCH3 is 1. The summed E-state index contributed by atoms with van der Waals surface area (Å²) in [5, 5.41) is 12.2. The lowest BCUT2D eigenvalue weighted by Crippen LogP contribution is -2.24. The fourth-order valence-corrected chi connectivity index (χ4v) is 3.21. The van der Waals surface area contributed by atoms with Crippen LogP contribution in [-0.4, -0.2) is 36.1 Å². The van der Waals surface area contributed by atoms with Gasteiger partial charge in [-0.2, -0.15) is 5.26 Å². The summed E-state index contributed by atoms with van der Waals surface area (Å²) in [5.41, 5.74) is 1.84. The van der Waals surface area contributed by atoms with Gasteiger partial charge in [0.2, 0.25) is 0 Å². The minimum absolute atomic E-state index is 0.0160. The van der Waals surface area contributed by atoms with Gasteiger partial charge in [0.05, 0.1) is 36.6 Å². The van der Waals surface area contributed by atoms with Gasteiger partial charge in [-0.05, 0) is 43.7 Å². The molecule has 3 rings (SSSR count). The molecular formula is C23H21N3O6. The van der Waals surface area contributed by atoms with Gasteiger partial charge in [-0.1, -0.05) is 12.1 Å². The van der Waals surface area contributed by atoms with Gasteiger partial charge in [0.25, 0.3) is 5.91 Å². The van der Waals surface area contributed by atoms with E-state index >= 15 is 0 Å². The number of hydrogen-bond acceptors (Lipinski definition) is 7. The van der Waals surface area contributed by atoms with E-state index in [2.05, 4.69) is 16.1 Å². The number of furan rings is 1. The first kappa shape index (κ1) is 22.4. The second-order valence-corrected chi connectivity index (χ2v) is 6.87. The molecule has 0 saturated carbocycles. The molecule has 0 unspecified atom stereocenters. The molecule has 9 nitrogen and oxygen atoms in total. The first-order valence-electron chi connectivity index (χ1n) is 9.63. The van der Waals surface area contributed by atoms with E-state index in [-0.39, 0.29) is 16.9 Å². The number of ether oxygens (including phenoxy) is 2. The van der Waals surface area contributed by atoms with Gasteiger partial charge in [0, 0.05) is 5.69 Å². The van der Waals surface area contributed by atoms with Crippen molar-refractivity contribution >= 4 is 23.7 Å². The highest BCUT2D eigenvalue weighted by Gasteiger charge is 2.22. The molecule has 0 atom stereocenters. The molecule has 0 radical (unpaired) electrons. The van der Waals surface area contributed by atoms with Crippen LogP contribution in [0.5, 0.6) is 0 Å². The molecule has 32 heavy (non-hydrogen) atoms. The van der Waals surface area contributed by atoms with Crippen LogP contribution in [0.1, 0.15) is 43.3 Å². The highest BCUT2D eigenvalue weighted by molar-refractivity contribution is 6.04. The van der Waals surface area contributed by atoms with E-state index in [1.165, 1.54) is 25.5 Å². The highest BCUT2D eigenvalue weighted by Crippen LogP contribution is 2.27. The van der Waals surface area contributed by atoms with Crippen LogP contribution in [0.25, 0.3) is 0 Å². The van der Waals surface area contributed by atoms with E-state index in [1.807, 2.05) is 6.92 Å². The summed E-state index contributed by atoms with van der Waals surface area (Å²) >= 11 is 0. The number of nitriles is 1. The second-order valence-electron chi connectivity index (χ2n) is 6.87. The number of hydrogen-bond donors (Lipinski definition) is 1. The number of carbonyl (C=O) groups is 3. The average Bonchev–Trinajstić information content (AvgIpc) is 3.39. The van der Waals surface area contributed by atoms with Crippen molar-refractivity contribution in [1.82, 2.24) is 4.57 Å². The van der Waals surface area contributed by atoms with Gasteiger partial charge in [-0.25, -0.2) is 9.59 Å². The third-order valence-electron chi connectivity index (χ3n) is 4.98. The Kier molecular flexibility index (Phi) is 6.75. The maximum absolute atomic E-state index is 12.5. The molecule has 2 heterocycles. The molecule has 2 aromatic heterocycles. The first-order chi connectivity index (χ1) is 15.4. The van der Waals surface area contributed by atoms with E-state index in [9.17, 15) is 19.6 Å². The Morgan fingerprint density at radius 3 is 2.38 bits per heavy atom. The monoisotopic (exact) mass is 435 g/mol. The molecule has 164 valence electrons. The van der Waals surface area contributed by atoms with E-state index in [0.717, 1.165) is 11.3 Å². The molecule has 0 aliphatic rings. The Labute approximate surface area is 184 Å². The van der Waals surface area contributed by atoms with Crippen LogP contribution in [0.3, 0.4) is 0 Å². The molecule has 1 aromatic carbocycles. The number of aromatic nitrogens is 1. The van der Waals surface area contributed by atoms with Crippen LogP contribution in [0, 0.1) is 25.2 Å². The zero-order valence-corrected chi connectivity index (χ0v) is 17.8. The predicted octanol–water partition coefficient (Wildman–Crippen LogP) is 3.20. The summed E-state index contributed by atoms with van der Waals surface area (Å²) < 4.78 is 16.9. The molecule has 0 saturated heterocycles. The zero-order valence-electron chi connectivity index (χ0n) is 17.8. The smallest absolute Gasteiger partial charge is 0.339 e. The molecule has 1 N–H and O–H groups in total. The SMILES string of the molecule is COC(=O)c1ccccc1C(=O)OCC(=O)Nc1c(C#N)c(C)c(C)n1Cc1ccco1. The number of nitrogens with zero attached hydrogens (tertiary/aromatic N) is 2. The molecule has 0 aliphatic carbocycles. The van der Waals surface area contributed by atoms with Crippen molar-refractivity contribution in [2.24, 2.45) is 0 Å². The van der Waals surface area contributed by atoms with Crippen molar-refractivity contribution in [2.75, 3.05) is 19.0 Å². The Morgan fingerprint density at radius 2 is 1.78 bits per heavy atom. The van der Waals surface area contributed by atoms with Crippen LogP contribution < -0.4 is 5.32 Å². The molecule has 0 spiro atoms. The van der Waals surface area contributed by atoms with Crippen LogP contribution in [0.15, 0.2) is 47.1 Å². The van der Waals surface area contributed by atoms with Crippen LogP contribution in [0.4, 0.5) is 5.82 Å². The van der Waals surface area contributed by atoms with Gasteiger partial charge in [0.15, 0.2) is 6.61 Å². The molecule has 1 amide bonds. The van der Waals surface area contributed by atoms with Gasteiger partial charge < -0.3 is 23.8 Å². The second kappa shape index (κ2) is 9.66. The zero-order chi connectivity index (χ0) is 23.3. The summed E-state index contributed by atoms with van der Waals surface area (Å²) in [6.07, 6.45) is 1.54. The molecule has 3 aromatic rings. The topological polar surface area (TPSA) is 124 Å². The van der Waals surface area contributed by atoms with Crippen LogP contribution in [-0.2, 0) is 20.8 Å². The Morgan fingerprint density at radius 1 is 1.09 bits per heavy atom. The largest absolute Gasteiger partial charge is 0.467 e. The van der Waals surface area contributed by atoms with Crippen molar-refractivity contribution < 1.29 is 28.3 Å². The summed E-state index contributed by atoms with van der Waals surface area (Å²) in [5.74, 6) is -1.24. The van der Waals surface area contributed by atoms with E-state index in [1.54, 1.807) is 35.8 Å². The standard InChI is InChI=1S/C23H21N3O6/c1-14-15(2)26(12-16-7-6-10-31-16)21(19(14)11-24)25-20(27)13-32-23(29)18-9-5-4-8-17(18)22(28)30-3/h4-10H,12-13H2,1-3H3,(H,25,27). The molecule has 0 fully saturated rings. The van der Waals surface area contributed by atoms with Gasteiger partial charge in [-0.15, -0.1) is 0 Å². The fraction of sp³-hybridized carbons (Fsp3) is 0.217. The summed E-state index contributed by atoms with van der Waals surface area (Å²) in [6.45, 7) is 3.32. The molecule has 0 aliphatic heterocycles. The number of esters is 2. The van der Waals surface area contributed by atoms with Crippen molar-refractivity contribution in [3.63, 3.8) is 0 Å². The number of benzene rings is 1. The summed E-state index contributed by atoms with van der Waals surface area (Å²) in [7, 11) is 1.20. The highest BCUT2D eigenvalue weighted by atomic mass is 16.5. The van der Waals surface area contributed by atoms with E-state index in [0.29, 0.717) is 17.9 Å². The third-order valence-corrected chi connectivity index (χ3v) is 4.98. The maximum Gasteiger partial charge on any atom is 0.339 e. The summed E-state index contributed by atoms with van der Waals surface area (Å²) in [4.78, 5) is 36.8. The average molecular weight is 435 g/mol. The Balaban J connectivity index is 1.76. The van der Waals surface area contributed by atoms with E-state index < -0.39 is 24.5 Å².